The van der Waals surface area contributed by atoms with Gasteiger partial charge in [0.1, 0.15) is 5.97 Å². The predicted molar refractivity (Wildman–Crippen MR) is 49.5 cm³/mol. The van der Waals surface area contributed by atoms with Crippen LogP contribution < -0.4 is 40.0 Å². The molecule has 0 unspecified atom stereocenters. The Labute approximate surface area is 110 Å². The fourth-order valence-electron chi connectivity index (χ4n) is 1.01. The Balaban J connectivity index is 0.00000196. The number of carboxylic acid groups (broad SMARTS) is 1. The van der Waals surface area contributed by atoms with Crippen LogP contribution in [0.3, 0.4) is 0 Å². The standard InChI is InChI=1S/C10H11NO3.Na/c1-2-7-3-5-8(6-4-7)11-9(12)10(13)14;/h3-6H,2H2,1H3,(H,11,12)(H,13,14);/q;+1/p-1. The largest absolute Gasteiger partial charge is 1.00 e. The maximum absolute atomic E-state index is 10.7. The molecule has 5 heteroatoms. The molecule has 1 rings (SSSR count). The Morgan fingerprint density at radius 2 is 1.80 bits per heavy atom. The van der Waals surface area contributed by atoms with Crippen molar-refractivity contribution in [3.63, 3.8) is 0 Å². The maximum Gasteiger partial charge on any atom is 1.00 e. The van der Waals surface area contributed by atoms with Gasteiger partial charge in [-0.3, -0.25) is 4.79 Å². The molecule has 0 atom stereocenters. The molecule has 74 valence electrons. The Morgan fingerprint density at radius 3 is 2.20 bits per heavy atom. The van der Waals surface area contributed by atoms with Crippen LogP contribution in [0.5, 0.6) is 0 Å². The number of anilines is 1. The first-order chi connectivity index (χ1) is 6.63. The number of rotatable bonds is 2. The van der Waals surface area contributed by atoms with Crippen LogP contribution in [0, 0.1) is 0 Å². The topological polar surface area (TPSA) is 69.2 Å². The minimum absolute atomic E-state index is 0. The summed E-state index contributed by atoms with van der Waals surface area (Å²) in [5.74, 6) is -2.86. The van der Waals surface area contributed by atoms with Gasteiger partial charge < -0.3 is 15.2 Å². The molecule has 0 saturated heterocycles. The zero-order valence-corrected chi connectivity index (χ0v) is 10.7. The van der Waals surface area contributed by atoms with E-state index in [0.717, 1.165) is 12.0 Å². The summed E-state index contributed by atoms with van der Waals surface area (Å²) in [6, 6.07) is 6.95. The zero-order chi connectivity index (χ0) is 10.6. The molecule has 0 radical (unpaired) electrons. The molecular weight excluding hydrogens is 205 g/mol. The first kappa shape index (κ1) is 14.2. The third-order valence-electron chi connectivity index (χ3n) is 1.81. The number of nitrogens with one attached hydrogen (secondary N) is 1. The molecule has 0 fully saturated rings. The van der Waals surface area contributed by atoms with Gasteiger partial charge in [0.05, 0.1) is 0 Å². The van der Waals surface area contributed by atoms with Crippen molar-refractivity contribution in [2.75, 3.05) is 5.32 Å². The first-order valence-electron chi connectivity index (χ1n) is 4.24. The molecule has 1 amide bonds. The Bertz CT molecular complexity index is 348. The molecule has 15 heavy (non-hydrogen) atoms. The van der Waals surface area contributed by atoms with Crippen LogP contribution in [-0.4, -0.2) is 11.9 Å². The first-order valence-corrected chi connectivity index (χ1v) is 4.24. The Morgan fingerprint density at radius 1 is 1.27 bits per heavy atom. The van der Waals surface area contributed by atoms with Crippen LogP contribution in [0.15, 0.2) is 24.3 Å². The smallest absolute Gasteiger partial charge is 0.540 e. The summed E-state index contributed by atoms with van der Waals surface area (Å²) in [7, 11) is 0. The summed E-state index contributed by atoms with van der Waals surface area (Å²) in [5, 5.41) is 12.3. The molecule has 1 aromatic carbocycles. The number of aliphatic carboxylic acids is 1. The number of carbonyl (C=O) groups is 2. The number of benzene rings is 1. The molecule has 0 saturated carbocycles. The van der Waals surface area contributed by atoms with Gasteiger partial charge in [-0.25, -0.2) is 0 Å². The number of carbonyl (C=O) groups excluding carboxylic acids is 2. The summed E-state index contributed by atoms with van der Waals surface area (Å²) >= 11 is 0. The monoisotopic (exact) mass is 215 g/mol. The van der Waals surface area contributed by atoms with Gasteiger partial charge in [-0.1, -0.05) is 19.1 Å². The molecule has 0 spiro atoms. The van der Waals surface area contributed by atoms with E-state index < -0.39 is 11.9 Å². The molecule has 0 bridgehead atoms. The molecule has 0 aliphatic rings. The molecule has 4 nitrogen and oxygen atoms in total. The quantitative estimate of drug-likeness (QED) is 0.421. The van der Waals surface area contributed by atoms with Gasteiger partial charge in [0.15, 0.2) is 0 Å². The van der Waals surface area contributed by atoms with Crippen LogP contribution in [0.1, 0.15) is 12.5 Å². The zero-order valence-electron chi connectivity index (χ0n) is 8.74. The van der Waals surface area contributed by atoms with E-state index in [4.69, 9.17) is 0 Å². The minimum Gasteiger partial charge on any atom is -0.540 e. The van der Waals surface area contributed by atoms with Crippen molar-refractivity contribution < 1.29 is 44.3 Å². The van der Waals surface area contributed by atoms with Crippen molar-refractivity contribution in [1.29, 1.82) is 0 Å². The molecule has 0 aliphatic carbocycles. The van der Waals surface area contributed by atoms with Crippen LogP contribution >= 0.6 is 0 Å². The van der Waals surface area contributed by atoms with E-state index in [9.17, 15) is 14.7 Å². The van der Waals surface area contributed by atoms with Gasteiger partial charge in [-0.15, -0.1) is 0 Å². The van der Waals surface area contributed by atoms with Crippen molar-refractivity contribution in [3.05, 3.63) is 29.8 Å². The fraction of sp³-hybridized carbons (Fsp3) is 0.200. The number of hydrogen-bond donors (Lipinski definition) is 1. The second kappa shape index (κ2) is 6.61. The second-order valence-electron chi connectivity index (χ2n) is 2.79. The molecule has 0 heterocycles. The minimum atomic E-state index is -1.73. The van der Waals surface area contributed by atoms with E-state index in [-0.39, 0.29) is 29.6 Å². The van der Waals surface area contributed by atoms with Gasteiger partial charge in [-0.05, 0) is 24.1 Å². The van der Waals surface area contributed by atoms with Crippen LogP contribution in [0.2, 0.25) is 0 Å². The Hall–Kier alpha value is -0.840. The average molecular weight is 215 g/mol. The van der Waals surface area contributed by atoms with E-state index in [1.807, 2.05) is 19.1 Å². The Kier molecular flexibility index (Phi) is 6.24. The average Bonchev–Trinajstić information content (AvgIpc) is 2.19. The second-order valence-corrected chi connectivity index (χ2v) is 2.79. The third-order valence-corrected chi connectivity index (χ3v) is 1.81. The summed E-state index contributed by atoms with van der Waals surface area (Å²) in [6.07, 6.45) is 0.898. The van der Waals surface area contributed by atoms with Gasteiger partial charge in [0, 0.05) is 5.69 Å². The number of carboxylic acids is 1. The van der Waals surface area contributed by atoms with Crippen LogP contribution in [0.4, 0.5) is 5.69 Å². The van der Waals surface area contributed by atoms with Crippen molar-refractivity contribution in [2.24, 2.45) is 0 Å². The van der Waals surface area contributed by atoms with Crippen LogP contribution in [0.25, 0.3) is 0 Å². The van der Waals surface area contributed by atoms with Crippen molar-refractivity contribution in [1.82, 2.24) is 0 Å². The number of hydrogen-bond acceptors (Lipinski definition) is 3. The van der Waals surface area contributed by atoms with Crippen LogP contribution in [-0.2, 0) is 16.0 Å². The molecule has 0 aromatic heterocycles. The number of aryl methyl sites for hydroxylation is 1. The summed E-state index contributed by atoms with van der Waals surface area (Å²) < 4.78 is 0. The van der Waals surface area contributed by atoms with Gasteiger partial charge >= 0.3 is 29.6 Å². The van der Waals surface area contributed by atoms with E-state index in [1.54, 1.807) is 12.1 Å². The third kappa shape index (κ3) is 4.46. The summed E-state index contributed by atoms with van der Waals surface area (Å²) in [5.41, 5.74) is 1.58. The van der Waals surface area contributed by atoms with Gasteiger partial charge in [0.2, 0.25) is 0 Å². The normalized spacial score (nSPS) is 8.87. The van der Waals surface area contributed by atoms with Gasteiger partial charge in [-0.2, -0.15) is 0 Å². The summed E-state index contributed by atoms with van der Waals surface area (Å²) in [6.45, 7) is 2.01. The summed E-state index contributed by atoms with van der Waals surface area (Å²) in [4.78, 5) is 20.8. The van der Waals surface area contributed by atoms with Crippen molar-refractivity contribution in [2.45, 2.75) is 13.3 Å². The molecule has 1 aromatic rings. The maximum atomic E-state index is 10.7. The van der Waals surface area contributed by atoms with E-state index >= 15 is 0 Å². The predicted octanol–water partition coefficient (Wildman–Crippen LogP) is -3.06. The van der Waals surface area contributed by atoms with E-state index in [1.165, 1.54) is 0 Å². The van der Waals surface area contributed by atoms with Crippen molar-refractivity contribution >= 4 is 17.6 Å². The number of amides is 1. The van der Waals surface area contributed by atoms with Crippen molar-refractivity contribution in [3.8, 4) is 0 Å². The fourth-order valence-corrected chi connectivity index (χ4v) is 1.01. The molecule has 0 aliphatic heterocycles. The molecule has 1 N–H and O–H groups in total. The van der Waals surface area contributed by atoms with E-state index in [0.29, 0.717) is 5.69 Å². The SMILES string of the molecule is CCc1ccc(NC(=O)C(=O)[O-])cc1.[Na+]. The molecular formula is C10H10NNaO3. The van der Waals surface area contributed by atoms with E-state index in [2.05, 4.69) is 5.32 Å². The van der Waals surface area contributed by atoms with Gasteiger partial charge in [0.25, 0.3) is 5.91 Å².